The van der Waals surface area contributed by atoms with Gasteiger partial charge >= 0.3 is 6.61 Å². The minimum absolute atomic E-state index is 0.0804. The third-order valence-corrected chi connectivity index (χ3v) is 5.07. The second-order valence-corrected chi connectivity index (χ2v) is 7.96. The lowest BCUT2D eigenvalue weighted by atomic mass is 10.1. The lowest BCUT2D eigenvalue weighted by Crippen LogP contribution is -2.26. The van der Waals surface area contributed by atoms with Crippen LogP contribution in [0.1, 0.15) is 0 Å². The number of allylic oxidation sites excluding steroid dienone is 1. The Kier molecular flexibility index (Phi) is 8.02. The van der Waals surface area contributed by atoms with Gasteiger partial charge in [-0.3, -0.25) is 14.3 Å². The molecule has 12 heteroatoms. The van der Waals surface area contributed by atoms with Gasteiger partial charge in [-0.25, -0.2) is 4.99 Å². The number of nitrogens with zero attached hydrogens (tertiary/aromatic N) is 5. The maximum Gasteiger partial charge on any atom is 0.387 e. The van der Waals surface area contributed by atoms with Crippen molar-refractivity contribution in [3.8, 4) is 17.0 Å². The maximum absolute atomic E-state index is 13.2. The molecule has 0 atom stereocenters. The number of nitrogens with one attached hydrogen (secondary N) is 1. The van der Waals surface area contributed by atoms with Gasteiger partial charge in [0.1, 0.15) is 23.8 Å². The number of hydrogen-bond donors (Lipinski definition) is 1. The number of likely N-dealkylation sites (N-methyl/N-ethyl adjacent to an activating group) is 1. The van der Waals surface area contributed by atoms with Crippen LogP contribution in [0.25, 0.3) is 11.3 Å². The highest BCUT2D eigenvalue weighted by Crippen LogP contribution is 2.37. The van der Waals surface area contributed by atoms with Crippen molar-refractivity contribution in [2.75, 3.05) is 26.5 Å². The van der Waals surface area contributed by atoms with Crippen LogP contribution in [-0.2, 0) is 16.1 Å². The molecule has 1 aliphatic rings. The molecule has 2 heterocycles. The molecule has 0 fully saturated rings. The number of anilines is 1. The third-order valence-electron chi connectivity index (χ3n) is 4.84. The molecule has 0 radical (unpaired) electrons. The fraction of sp³-hybridized carbons (Fsp3) is 0.217. The zero-order valence-corrected chi connectivity index (χ0v) is 20.0. The van der Waals surface area contributed by atoms with E-state index in [0.29, 0.717) is 5.82 Å². The lowest BCUT2D eigenvalue weighted by molar-refractivity contribution is -0.129. The van der Waals surface area contributed by atoms with Crippen LogP contribution in [0.15, 0.2) is 65.7 Å². The summed E-state index contributed by atoms with van der Waals surface area (Å²) in [6.45, 7) is 0.441. The SMILES string of the molecule is C=C/C(C(=O)Nc1cn(CC(=O)N(C)C)nc1-c1cc(Cl)ccc1OC(F)F)=C1/N=CC=CN1C. The molecule has 0 spiro atoms. The van der Waals surface area contributed by atoms with Crippen molar-refractivity contribution >= 4 is 35.3 Å². The summed E-state index contributed by atoms with van der Waals surface area (Å²) in [4.78, 5) is 32.7. The van der Waals surface area contributed by atoms with E-state index in [1.54, 1.807) is 38.3 Å². The van der Waals surface area contributed by atoms with Crippen LogP contribution in [0, 0.1) is 0 Å². The minimum Gasteiger partial charge on any atom is -0.434 e. The molecular weight excluding hydrogens is 482 g/mol. The van der Waals surface area contributed by atoms with E-state index in [2.05, 4.69) is 26.7 Å². The van der Waals surface area contributed by atoms with Gasteiger partial charge < -0.3 is 19.9 Å². The Morgan fingerprint density at radius 3 is 2.71 bits per heavy atom. The van der Waals surface area contributed by atoms with Crippen LogP contribution in [0.2, 0.25) is 5.02 Å². The summed E-state index contributed by atoms with van der Waals surface area (Å²) in [5.74, 6) is -0.701. The number of aliphatic imine (C=N–C) groups is 1. The van der Waals surface area contributed by atoms with Crippen molar-refractivity contribution in [2.45, 2.75) is 13.2 Å². The van der Waals surface area contributed by atoms with Crippen molar-refractivity contribution in [2.24, 2.45) is 4.99 Å². The summed E-state index contributed by atoms with van der Waals surface area (Å²) in [6, 6.07) is 4.04. The second-order valence-electron chi connectivity index (χ2n) is 7.52. The van der Waals surface area contributed by atoms with Gasteiger partial charge in [-0.05, 0) is 24.3 Å². The molecule has 0 saturated carbocycles. The van der Waals surface area contributed by atoms with E-state index in [-0.39, 0.29) is 45.7 Å². The van der Waals surface area contributed by atoms with E-state index < -0.39 is 12.5 Å². The molecule has 184 valence electrons. The fourth-order valence-corrected chi connectivity index (χ4v) is 3.31. The minimum atomic E-state index is -3.10. The lowest BCUT2D eigenvalue weighted by Gasteiger charge is -2.19. The number of carbonyl (C=O) groups excluding carboxylic acids is 2. The summed E-state index contributed by atoms with van der Waals surface area (Å²) in [6.07, 6.45) is 7.72. The summed E-state index contributed by atoms with van der Waals surface area (Å²) in [7, 11) is 4.88. The number of amides is 2. The number of hydrogen-bond acceptors (Lipinski definition) is 6. The van der Waals surface area contributed by atoms with Crippen LogP contribution < -0.4 is 10.1 Å². The smallest absolute Gasteiger partial charge is 0.387 e. The summed E-state index contributed by atoms with van der Waals surface area (Å²) < 4.78 is 32.0. The first-order chi connectivity index (χ1) is 16.6. The Morgan fingerprint density at radius 1 is 1.34 bits per heavy atom. The molecule has 0 unspecified atom stereocenters. The van der Waals surface area contributed by atoms with E-state index in [0.717, 1.165) is 0 Å². The predicted molar refractivity (Wildman–Crippen MR) is 129 cm³/mol. The number of halogens is 3. The van der Waals surface area contributed by atoms with Crippen LogP contribution in [-0.4, -0.2) is 65.4 Å². The number of alkyl halides is 2. The number of benzene rings is 1. The molecule has 9 nitrogen and oxygen atoms in total. The zero-order chi connectivity index (χ0) is 25.7. The Hall–Kier alpha value is -3.99. The van der Waals surface area contributed by atoms with E-state index in [1.165, 1.54) is 46.3 Å². The monoisotopic (exact) mass is 504 g/mol. The number of aromatic nitrogens is 2. The third kappa shape index (κ3) is 6.12. The number of ether oxygens (including phenoxy) is 1. The molecule has 1 aromatic heterocycles. The van der Waals surface area contributed by atoms with Crippen molar-refractivity contribution in [1.82, 2.24) is 19.6 Å². The molecule has 1 aromatic carbocycles. The highest BCUT2D eigenvalue weighted by Gasteiger charge is 2.23. The largest absolute Gasteiger partial charge is 0.434 e. The Bertz CT molecular complexity index is 1240. The molecule has 2 aromatic rings. The molecule has 0 bridgehead atoms. The van der Waals surface area contributed by atoms with E-state index >= 15 is 0 Å². The average Bonchev–Trinajstić information content (AvgIpc) is 3.18. The Labute approximate surface area is 205 Å². The van der Waals surface area contributed by atoms with Gasteiger partial charge in [0, 0.05) is 50.3 Å². The van der Waals surface area contributed by atoms with Crippen LogP contribution in [0.5, 0.6) is 5.75 Å². The van der Waals surface area contributed by atoms with Gasteiger partial charge in [-0.1, -0.05) is 24.3 Å². The highest BCUT2D eigenvalue weighted by molar-refractivity contribution is 6.31. The molecule has 35 heavy (non-hydrogen) atoms. The molecular formula is C23H23ClF2N6O3. The molecule has 1 N–H and O–H groups in total. The second kappa shape index (κ2) is 11.0. The molecule has 1 aliphatic heterocycles. The first-order valence-electron chi connectivity index (χ1n) is 10.2. The Balaban J connectivity index is 2.09. The van der Waals surface area contributed by atoms with E-state index in [1.807, 2.05) is 0 Å². The first-order valence-corrected chi connectivity index (χ1v) is 10.6. The van der Waals surface area contributed by atoms with Crippen molar-refractivity contribution in [3.05, 3.63) is 65.7 Å². The number of carbonyl (C=O) groups is 2. The Morgan fingerprint density at radius 2 is 2.09 bits per heavy atom. The van der Waals surface area contributed by atoms with Gasteiger partial charge in [0.15, 0.2) is 0 Å². The average molecular weight is 505 g/mol. The quantitative estimate of drug-likeness (QED) is 0.553. The fourth-order valence-electron chi connectivity index (χ4n) is 3.14. The van der Waals surface area contributed by atoms with Crippen LogP contribution in [0.3, 0.4) is 0 Å². The van der Waals surface area contributed by atoms with Crippen LogP contribution >= 0.6 is 11.6 Å². The zero-order valence-electron chi connectivity index (χ0n) is 19.2. The summed E-state index contributed by atoms with van der Waals surface area (Å²) in [5.41, 5.74) is 0.483. The van der Waals surface area contributed by atoms with Crippen molar-refractivity contribution in [1.29, 1.82) is 0 Å². The summed E-state index contributed by atoms with van der Waals surface area (Å²) in [5, 5.41) is 7.30. The van der Waals surface area contributed by atoms with Gasteiger partial charge in [-0.15, -0.1) is 0 Å². The van der Waals surface area contributed by atoms with Gasteiger partial charge in [0.05, 0.1) is 11.3 Å². The van der Waals surface area contributed by atoms with Gasteiger partial charge in [0.2, 0.25) is 5.91 Å². The molecule has 0 aliphatic carbocycles. The topological polar surface area (TPSA) is 92.1 Å². The normalized spacial score (nSPS) is 14.2. The van der Waals surface area contributed by atoms with Crippen molar-refractivity contribution in [3.63, 3.8) is 0 Å². The predicted octanol–water partition coefficient (Wildman–Crippen LogP) is 3.76. The molecule has 3 rings (SSSR count). The maximum atomic E-state index is 13.2. The first kappa shape index (κ1) is 25.6. The summed E-state index contributed by atoms with van der Waals surface area (Å²) >= 11 is 6.11. The number of rotatable bonds is 8. The van der Waals surface area contributed by atoms with Gasteiger partial charge in [0.25, 0.3) is 5.91 Å². The van der Waals surface area contributed by atoms with Crippen LogP contribution in [0.4, 0.5) is 14.5 Å². The molecule has 2 amide bonds. The van der Waals surface area contributed by atoms with E-state index in [9.17, 15) is 18.4 Å². The van der Waals surface area contributed by atoms with Crippen molar-refractivity contribution < 1.29 is 23.1 Å². The highest BCUT2D eigenvalue weighted by atomic mass is 35.5. The standard InChI is InChI=1S/C23H23ClF2N6O3/c1-5-15(21-27-9-6-10-31(21)4)22(34)28-17-12-32(13-19(33)30(2)3)29-20(17)16-11-14(24)7-8-18(16)35-23(25)26/h5-12,23H,1,13H2,2-4H3,(H,28,34)/b21-15+. The molecule has 0 saturated heterocycles. The van der Waals surface area contributed by atoms with Gasteiger partial charge in [-0.2, -0.15) is 13.9 Å². The van der Waals surface area contributed by atoms with E-state index in [4.69, 9.17) is 11.6 Å².